The van der Waals surface area contributed by atoms with Crippen LogP contribution in [0.15, 0.2) is 18.5 Å². The van der Waals surface area contributed by atoms with Gasteiger partial charge in [-0.2, -0.15) is 10.4 Å². The highest BCUT2D eigenvalue weighted by Crippen LogP contribution is 2.43. The summed E-state index contributed by atoms with van der Waals surface area (Å²) in [7, 11) is 0. The topological polar surface area (TPSA) is 125 Å². The predicted octanol–water partition coefficient (Wildman–Crippen LogP) is 1.66. The van der Waals surface area contributed by atoms with E-state index in [1.807, 2.05) is 12.1 Å². The lowest BCUT2D eigenvalue weighted by atomic mass is 9.87. The average Bonchev–Trinajstić information content (AvgIpc) is 3.39. The fraction of sp³-hybridized carbons (Fsp3) is 0.438. The second kappa shape index (κ2) is 6.02. The molecule has 0 saturated heterocycles. The molecule has 0 amide bonds. The molecule has 0 aromatic carbocycles. The minimum atomic E-state index is 0.277. The second-order valence-corrected chi connectivity index (χ2v) is 6.40. The number of nitriles is 1. The zero-order valence-corrected chi connectivity index (χ0v) is 13.1. The van der Waals surface area contributed by atoms with Gasteiger partial charge in [0.05, 0.1) is 23.8 Å². The molecule has 24 heavy (non-hydrogen) atoms. The van der Waals surface area contributed by atoms with Crippen molar-refractivity contribution in [2.24, 2.45) is 5.73 Å². The number of nitrogens with zero attached hydrogens (tertiary/aromatic N) is 5. The molecule has 0 radical (unpaired) electrons. The highest BCUT2D eigenvalue weighted by molar-refractivity contribution is 5.61. The van der Waals surface area contributed by atoms with Gasteiger partial charge in [-0.15, -0.1) is 5.10 Å². The normalized spacial score (nSPS) is 22.3. The smallest absolute Gasteiger partial charge is 0.158 e. The summed E-state index contributed by atoms with van der Waals surface area (Å²) in [6, 6.07) is 4.61. The van der Waals surface area contributed by atoms with Crippen LogP contribution in [-0.4, -0.2) is 32.2 Å². The van der Waals surface area contributed by atoms with Gasteiger partial charge in [-0.3, -0.25) is 0 Å². The van der Waals surface area contributed by atoms with Crippen LogP contribution in [0.4, 0.5) is 17.3 Å². The number of nitrogens with one attached hydrogen (secondary N) is 2. The van der Waals surface area contributed by atoms with Gasteiger partial charge in [0.2, 0.25) is 0 Å². The molecule has 8 heteroatoms. The van der Waals surface area contributed by atoms with E-state index in [9.17, 15) is 0 Å². The van der Waals surface area contributed by atoms with Crippen molar-refractivity contribution in [2.45, 2.75) is 43.7 Å². The van der Waals surface area contributed by atoms with Crippen LogP contribution in [-0.2, 0) is 0 Å². The number of hydrogen-bond acceptors (Lipinski definition) is 8. The Morgan fingerprint density at radius 3 is 2.58 bits per heavy atom. The van der Waals surface area contributed by atoms with Crippen LogP contribution in [0, 0.1) is 11.3 Å². The van der Waals surface area contributed by atoms with Gasteiger partial charge in [0, 0.05) is 24.1 Å². The minimum absolute atomic E-state index is 0.277. The largest absolute Gasteiger partial charge is 0.381 e. The second-order valence-electron chi connectivity index (χ2n) is 6.40. The van der Waals surface area contributed by atoms with E-state index < -0.39 is 0 Å². The van der Waals surface area contributed by atoms with Gasteiger partial charge < -0.3 is 16.4 Å². The number of anilines is 3. The van der Waals surface area contributed by atoms with Crippen LogP contribution < -0.4 is 16.4 Å². The quantitative estimate of drug-likeness (QED) is 0.759. The first kappa shape index (κ1) is 14.8. The third kappa shape index (κ3) is 3.12. The number of hydrogen-bond donors (Lipinski definition) is 3. The standard InChI is InChI=1S/C16H18N8/c17-6-12-7-20-15(8-19-12)22-14-5-13(21-11-3-10(18)4-11)16(24-23-14)9-1-2-9/h5,7-11H,1-4,18H2,(H2,20,21,22,23). The SMILES string of the molecule is N#Cc1cnc(Nc2cc(NC3CC(N)C3)c(C3CC3)nn2)cn1. The zero-order chi connectivity index (χ0) is 16.5. The first-order valence-electron chi connectivity index (χ1n) is 8.10. The van der Waals surface area contributed by atoms with Crippen LogP contribution in [0.2, 0.25) is 0 Å². The van der Waals surface area contributed by atoms with Crippen molar-refractivity contribution in [3.63, 3.8) is 0 Å². The lowest BCUT2D eigenvalue weighted by Crippen LogP contribution is -2.44. The number of rotatable bonds is 5. The Hall–Kier alpha value is -2.79. The van der Waals surface area contributed by atoms with Gasteiger partial charge >= 0.3 is 0 Å². The van der Waals surface area contributed by atoms with Crippen LogP contribution in [0.3, 0.4) is 0 Å². The highest BCUT2D eigenvalue weighted by atomic mass is 15.2. The molecule has 2 fully saturated rings. The van der Waals surface area contributed by atoms with Crippen LogP contribution >= 0.6 is 0 Å². The summed E-state index contributed by atoms with van der Waals surface area (Å²) in [6.07, 6.45) is 7.23. The van der Waals surface area contributed by atoms with E-state index in [1.54, 1.807) is 0 Å². The summed E-state index contributed by atoms with van der Waals surface area (Å²) in [4.78, 5) is 8.13. The summed E-state index contributed by atoms with van der Waals surface area (Å²) >= 11 is 0. The number of aromatic nitrogens is 4. The third-order valence-corrected chi connectivity index (χ3v) is 4.34. The molecular formula is C16H18N8. The molecule has 8 nitrogen and oxygen atoms in total. The molecular weight excluding hydrogens is 304 g/mol. The molecule has 4 rings (SSSR count). The summed E-state index contributed by atoms with van der Waals surface area (Å²) in [6.45, 7) is 0. The Morgan fingerprint density at radius 1 is 1.12 bits per heavy atom. The lowest BCUT2D eigenvalue weighted by Gasteiger charge is -2.34. The summed E-state index contributed by atoms with van der Waals surface area (Å²) in [5.74, 6) is 1.64. The van der Waals surface area contributed by atoms with Gasteiger partial charge in [-0.05, 0) is 25.7 Å². The average molecular weight is 322 g/mol. The Morgan fingerprint density at radius 2 is 1.96 bits per heavy atom. The fourth-order valence-electron chi connectivity index (χ4n) is 2.82. The minimum Gasteiger partial charge on any atom is -0.381 e. The maximum Gasteiger partial charge on any atom is 0.158 e. The molecule has 2 aromatic rings. The zero-order valence-electron chi connectivity index (χ0n) is 13.1. The maximum absolute atomic E-state index is 8.76. The molecule has 2 saturated carbocycles. The Kier molecular flexibility index (Phi) is 3.70. The van der Waals surface area contributed by atoms with Crippen molar-refractivity contribution in [3.8, 4) is 6.07 Å². The van der Waals surface area contributed by atoms with Gasteiger partial charge in [0.25, 0.3) is 0 Å². The molecule has 2 aromatic heterocycles. The first-order chi connectivity index (χ1) is 11.7. The number of nitrogens with two attached hydrogens (primary N) is 1. The molecule has 0 spiro atoms. The van der Waals surface area contributed by atoms with Crippen molar-refractivity contribution in [2.75, 3.05) is 10.6 Å². The summed E-state index contributed by atoms with van der Waals surface area (Å²) in [5, 5.41) is 24.0. The summed E-state index contributed by atoms with van der Waals surface area (Å²) in [5.41, 5.74) is 8.20. The van der Waals surface area contributed by atoms with Crippen LogP contribution in [0.5, 0.6) is 0 Å². The molecule has 122 valence electrons. The van der Waals surface area contributed by atoms with Crippen LogP contribution in [0.1, 0.15) is 43.0 Å². The van der Waals surface area contributed by atoms with E-state index in [0.717, 1.165) is 24.2 Å². The Balaban J connectivity index is 1.53. The van der Waals surface area contributed by atoms with Crippen LogP contribution in [0.25, 0.3) is 0 Å². The van der Waals surface area contributed by atoms with E-state index in [2.05, 4.69) is 30.8 Å². The maximum atomic E-state index is 8.76. The molecule has 0 unspecified atom stereocenters. The van der Waals surface area contributed by atoms with Crippen molar-refractivity contribution >= 4 is 17.3 Å². The highest BCUT2D eigenvalue weighted by Gasteiger charge is 2.31. The molecule has 2 heterocycles. The third-order valence-electron chi connectivity index (χ3n) is 4.34. The van der Waals surface area contributed by atoms with Gasteiger partial charge in [0.15, 0.2) is 11.5 Å². The monoisotopic (exact) mass is 322 g/mol. The van der Waals surface area contributed by atoms with Gasteiger partial charge in [-0.25, -0.2) is 9.97 Å². The van der Waals surface area contributed by atoms with Crippen molar-refractivity contribution in [1.29, 1.82) is 5.26 Å². The van der Waals surface area contributed by atoms with Crippen molar-refractivity contribution in [1.82, 2.24) is 20.2 Å². The van der Waals surface area contributed by atoms with E-state index >= 15 is 0 Å². The Labute approximate surface area is 139 Å². The Bertz CT molecular complexity index is 772. The van der Waals surface area contributed by atoms with Gasteiger partial charge in [-0.1, -0.05) is 0 Å². The van der Waals surface area contributed by atoms with E-state index in [0.29, 0.717) is 29.6 Å². The van der Waals surface area contributed by atoms with Crippen molar-refractivity contribution < 1.29 is 0 Å². The molecule has 4 N–H and O–H groups in total. The fourth-order valence-corrected chi connectivity index (χ4v) is 2.82. The lowest BCUT2D eigenvalue weighted by molar-refractivity contribution is 0.373. The summed E-state index contributed by atoms with van der Waals surface area (Å²) < 4.78 is 0. The predicted molar refractivity (Wildman–Crippen MR) is 88.7 cm³/mol. The molecule has 0 atom stereocenters. The molecule has 2 aliphatic carbocycles. The van der Waals surface area contributed by atoms with E-state index in [1.165, 1.54) is 25.2 Å². The van der Waals surface area contributed by atoms with E-state index in [4.69, 9.17) is 11.0 Å². The van der Waals surface area contributed by atoms with Gasteiger partial charge in [0.1, 0.15) is 11.9 Å². The molecule has 0 bridgehead atoms. The molecule has 0 aliphatic heterocycles. The molecule has 2 aliphatic rings. The first-order valence-corrected chi connectivity index (χ1v) is 8.10. The van der Waals surface area contributed by atoms with Crippen molar-refractivity contribution in [3.05, 3.63) is 29.8 Å². The van der Waals surface area contributed by atoms with E-state index in [-0.39, 0.29) is 5.69 Å².